The Hall–Kier alpha value is -1.98. The van der Waals surface area contributed by atoms with Crippen molar-refractivity contribution in [2.45, 2.75) is 0 Å². The maximum absolute atomic E-state index is 10.5. The number of carboxylic acids is 1. The van der Waals surface area contributed by atoms with Gasteiger partial charge in [0.2, 0.25) is 0 Å². The molecule has 0 aliphatic carbocycles. The number of carboxylic acid groups (broad SMARTS) is 1. The highest BCUT2D eigenvalue weighted by atomic mass is 16.4. The Bertz CT molecular complexity index is 298. The van der Waals surface area contributed by atoms with Crippen LogP contribution in [-0.2, 0) is 9.59 Å². The number of nitrogens with zero attached hydrogens (tertiary/aromatic N) is 2. The second kappa shape index (κ2) is 3.42. The molecule has 0 aliphatic heterocycles. The number of aliphatic carboxylic acids is 1. The molecule has 6 heteroatoms. The number of hydrogen-bond donors (Lipinski definition) is 2. The van der Waals surface area contributed by atoms with Crippen LogP contribution in [0.3, 0.4) is 0 Å². The average molecular weight is 167 g/mol. The zero-order valence-electron chi connectivity index (χ0n) is 5.89. The third kappa shape index (κ3) is 2.01. The summed E-state index contributed by atoms with van der Waals surface area (Å²) < 4.78 is 0. The molecule has 0 fully saturated rings. The van der Waals surface area contributed by atoms with Crippen LogP contribution in [0.2, 0.25) is 0 Å². The van der Waals surface area contributed by atoms with E-state index in [-0.39, 0.29) is 5.82 Å². The minimum Gasteiger partial charge on any atom is -0.474 e. The summed E-state index contributed by atoms with van der Waals surface area (Å²) in [5.74, 6) is -2.57. The first-order valence-corrected chi connectivity index (χ1v) is 3.02. The van der Waals surface area contributed by atoms with Crippen LogP contribution in [-0.4, -0.2) is 27.2 Å². The summed E-state index contributed by atoms with van der Waals surface area (Å²) in [5, 5.41) is 17.1. The number of nitrogens with one attached hydrogen (secondary N) is 1. The Morgan fingerprint density at radius 3 is 2.75 bits per heavy atom. The molecule has 0 bridgehead atoms. The summed E-state index contributed by atoms with van der Waals surface area (Å²) in [6, 6.07) is 2.97. The van der Waals surface area contributed by atoms with Crippen molar-refractivity contribution in [3.05, 3.63) is 18.3 Å². The summed E-state index contributed by atoms with van der Waals surface area (Å²) in [6.07, 6.45) is 1.41. The lowest BCUT2D eigenvalue weighted by Crippen LogP contribution is -2.22. The molecule has 0 aromatic carbocycles. The van der Waals surface area contributed by atoms with Gasteiger partial charge in [0.25, 0.3) is 0 Å². The van der Waals surface area contributed by atoms with Crippen LogP contribution >= 0.6 is 0 Å². The molecule has 0 unspecified atom stereocenters. The van der Waals surface area contributed by atoms with Crippen molar-refractivity contribution in [1.82, 2.24) is 10.2 Å². The molecule has 0 radical (unpaired) electrons. The third-order valence-electron chi connectivity index (χ3n) is 1.01. The number of rotatable bonds is 1. The zero-order chi connectivity index (χ0) is 8.97. The topological polar surface area (TPSA) is 92.2 Å². The Labute approximate surface area is 67.2 Å². The number of carbonyl (C=O) groups excluding carboxylic acids is 1. The SMILES string of the molecule is O=C(O)C(=O)Nc1cccnn1. The molecule has 62 valence electrons. The summed E-state index contributed by atoms with van der Waals surface area (Å²) in [6.45, 7) is 0. The van der Waals surface area contributed by atoms with E-state index in [9.17, 15) is 9.59 Å². The molecule has 0 saturated carbocycles. The Balaban J connectivity index is 2.65. The van der Waals surface area contributed by atoms with E-state index in [1.807, 2.05) is 5.32 Å². The quantitative estimate of drug-likeness (QED) is 0.550. The Morgan fingerprint density at radius 1 is 1.50 bits per heavy atom. The number of carbonyl (C=O) groups is 2. The fourth-order valence-corrected chi connectivity index (χ4v) is 0.538. The predicted molar refractivity (Wildman–Crippen MR) is 38.3 cm³/mol. The van der Waals surface area contributed by atoms with Crippen LogP contribution in [0.25, 0.3) is 0 Å². The van der Waals surface area contributed by atoms with Gasteiger partial charge in [0, 0.05) is 6.20 Å². The van der Waals surface area contributed by atoms with Gasteiger partial charge in [-0.25, -0.2) is 4.79 Å². The van der Waals surface area contributed by atoms with Crippen molar-refractivity contribution in [3.8, 4) is 0 Å². The normalized spacial score (nSPS) is 9.00. The lowest BCUT2D eigenvalue weighted by Gasteiger charge is -1.96. The molecule has 0 aliphatic rings. The summed E-state index contributed by atoms with van der Waals surface area (Å²) in [7, 11) is 0. The first-order valence-electron chi connectivity index (χ1n) is 3.02. The average Bonchev–Trinajstić information content (AvgIpc) is 2.06. The largest absolute Gasteiger partial charge is 0.474 e. The molecule has 0 atom stereocenters. The van der Waals surface area contributed by atoms with Crippen molar-refractivity contribution < 1.29 is 14.7 Å². The van der Waals surface area contributed by atoms with Crippen molar-refractivity contribution in [3.63, 3.8) is 0 Å². The lowest BCUT2D eigenvalue weighted by atomic mass is 10.5. The van der Waals surface area contributed by atoms with Crippen LogP contribution in [0.1, 0.15) is 0 Å². The fourth-order valence-electron chi connectivity index (χ4n) is 0.538. The highest BCUT2D eigenvalue weighted by Gasteiger charge is 2.10. The predicted octanol–water partition coefficient (Wildman–Crippen LogP) is -0.500. The molecule has 0 saturated heterocycles. The highest BCUT2D eigenvalue weighted by molar-refractivity contribution is 6.36. The maximum atomic E-state index is 10.5. The number of aromatic nitrogens is 2. The molecule has 1 heterocycles. The van der Waals surface area contributed by atoms with Crippen molar-refractivity contribution in [2.24, 2.45) is 0 Å². The van der Waals surface area contributed by atoms with E-state index in [1.54, 1.807) is 0 Å². The molecule has 1 aromatic heterocycles. The Morgan fingerprint density at radius 2 is 2.25 bits per heavy atom. The lowest BCUT2D eigenvalue weighted by molar-refractivity contribution is -0.147. The van der Waals surface area contributed by atoms with Crippen molar-refractivity contribution in [2.75, 3.05) is 5.32 Å². The second-order valence-electron chi connectivity index (χ2n) is 1.87. The zero-order valence-corrected chi connectivity index (χ0v) is 5.89. The third-order valence-corrected chi connectivity index (χ3v) is 1.01. The van der Waals surface area contributed by atoms with Gasteiger partial charge in [0.05, 0.1) is 0 Å². The van der Waals surface area contributed by atoms with E-state index in [2.05, 4.69) is 10.2 Å². The fraction of sp³-hybridized carbons (Fsp3) is 0. The van der Waals surface area contributed by atoms with Gasteiger partial charge in [-0.15, -0.1) is 5.10 Å². The molecule has 12 heavy (non-hydrogen) atoms. The van der Waals surface area contributed by atoms with Crippen LogP contribution in [0, 0.1) is 0 Å². The second-order valence-corrected chi connectivity index (χ2v) is 1.87. The molecule has 1 aromatic rings. The molecule has 6 nitrogen and oxygen atoms in total. The van der Waals surface area contributed by atoms with Gasteiger partial charge in [-0.1, -0.05) is 0 Å². The smallest absolute Gasteiger partial charge is 0.394 e. The highest BCUT2D eigenvalue weighted by Crippen LogP contribution is 1.96. The van der Waals surface area contributed by atoms with E-state index >= 15 is 0 Å². The van der Waals surface area contributed by atoms with Crippen LogP contribution in [0.5, 0.6) is 0 Å². The first kappa shape index (κ1) is 8.12. The van der Waals surface area contributed by atoms with Crippen LogP contribution in [0.15, 0.2) is 18.3 Å². The van der Waals surface area contributed by atoms with E-state index in [1.165, 1.54) is 18.3 Å². The monoisotopic (exact) mass is 167 g/mol. The van der Waals surface area contributed by atoms with Gasteiger partial charge in [-0.3, -0.25) is 10.1 Å². The molecule has 0 spiro atoms. The number of anilines is 1. The molecule has 1 amide bonds. The van der Waals surface area contributed by atoms with Crippen molar-refractivity contribution in [1.29, 1.82) is 0 Å². The van der Waals surface area contributed by atoms with Gasteiger partial charge >= 0.3 is 11.9 Å². The van der Waals surface area contributed by atoms with Gasteiger partial charge in [0.1, 0.15) is 0 Å². The van der Waals surface area contributed by atoms with Crippen molar-refractivity contribution >= 4 is 17.7 Å². The van der Waals surface area contributed by atoms with Gasteiger partial charge in [-0.05, 0) is 12.1 Å². The van der Waals surface area contributed by atoms with Crippen LogP contribution in [0.4, 0.5) is 5.82 Å². The summed E-state index contributed by atoms with van der Waals surface area (Å²) >= 11 is 0. The standard InChI is InChI=1S/C6H5N3O3/c10-5(6(11)12)8-4-2-1-3-7-9-4/h1-3H,(H,11,12)(H,8,9,10). The van der Waals surface area contributed by atoms with Gasteiger partial charge in [-0.2, -0.15) is 5.10 Å². The molecule has 2 N–H and O–H groups in total. The number of hydrogen-bond acceptors (Lipinski definition) is 4. The van der Waals surface area contributed by atoms with Gasteiger partial charge in [0.15, 0.2) is 5.82 Å². The van der Waals surface area contributed by atoms with Gasteiger partial charge < -0.3 is 5.11 Å². The van der Waals surface area contributed by atoms with Crippen LogP contribution < -0.4 is 5.32 Å². The van der Waals surface area contributed by atoms with E-state index in [0.29, 0.717) is 0 Å². The van der Waals surface area contributed by atoms with E-state index in [0.717, 1.165) is 0 Å². The minimum atomic E-state index is -1.55. The summed E-state index contributed by atoms with van der Waals surface area (Å²) in [5.41, 5.74) is 0. The number of amides is 1. The molecular weight excluding hydrogens is 162 g/mol. The maximum Gasteiger partial charge on any atom is 0.394 e. The first-order chi connectivity index (χ1) is 5.70. The summed E-state index contributed by atoms with van der Waals surface area (Å²) in [4.78, 5) is 20.6. The minimum absolute atomic E-state index is 0.116. The Kier molecular flexibility index (Phi) is 2.32. The van der Waals surface area contributed by atoms with E-state index < -0.39 is 11.9 Å². The molecule has 1 rings (SSSR count). The van der Waals surface area contributed by atoms with E-state index in [4.69, 9.17) is 5.11 Å². The molecular formula is C6H5N3O3.